The number of carbonyl (C=O) groups excluding carboxylic acids is 2. The van der Waals surface area contributed by atoms with Gasteiger partial charge in [0.1, 0.15) is 6.17 Å². The molecule has 4 aliphatic carbocycles. The van der Waals surface area contributed by atoms with Crippen LogP contribution in [0.4, 0.5) is 8.78 Å². The van der Waals surface area contributed by atoms with Gasteiger partial charge in [-0.2, -0.15) is 5.06 Å². The first-order chi connectivity index (χ1) is 17.9. The number of nitrogens with one attached hydrogen (secondary N) is 1. The summed E-state index contributed by atoms with van der Waals surface area (Å²) in [5.74, 6) is -2.22. The van der Waals surface area contributed by atoms with Gasteiger partial charge in [-0.25, -0.2) is 8.78 Å². The van der Waals surface area contributed by atoms with Crippen molar-refractivity contribution in [2.45, 2.75) is 63.2 Å². The second-order valence-corrected chi connectivity index (χ2v) is 12.6. The number of aliphatic hydroxyl groups excluding tert-OH is 1. The molecule has 4 fully saturated rings. The van der Waals surface area contributed by atoms with Gasteiger partial charge in [-0.1, -0.05) is 36.7 Å². The minimum atomic E-state index is -2.19. The highest BCUT2D eigenvalue weighted by Gasteiger charge is 2.79. The molecule has 1 heterocycles. The molecule has 0 radical (unpaired) electrons. The largest absolute Gasteiger partial charge is 0.390 e. The topological polar surface area (TPSA) is 78.9 Å². The summed E-state index contributed by atoms with van der Waals surface area (Å²) < 4.78 is 33.1. The van der Waals surface area contributed by atoms with Crippen LogP contribution in [0.3, 0.4) is 0 Å². The SMILES string of the molecule is CNC(=O)[C@@]12ON(Cc3ccc(Cl)cc3)C[C@@H]1C[C@H]1[C@@H]3C[C@H](F)C4=CC(=O)C=C[C@]4(C)[C@@]3(F)[C@@H](O)C[C@@]12C. The zero-order valence-electron chi connectivity index (χ0n) is 21.7. The molecule has 6 nitrogen and oxygen atoms in total. The summed E-state index contributed by atoms with van der Waals surface area (Å²) in [6.45, 7) is 4.35. The summed E-state index contributed by atoms with van der Waals surface area (Å²) in [6, 6.07) is 7.39. The van der Waals surface area contributed by atoms with Crippen LogP contribution in [0.5, 0.6) is 0 Å². The second-order valence-electron chi connectivity index (χ2n) is 12.1. The van der Waals surface area contributed by atoms with Crippen LogP contribution in [0.25, 0.3) is 0 Å². The number of likely N-dealkylation sites (N-methyl/N-ethyl adjacent to an activating group) is 1. The third-order valence-corrected chi connectivity index (χ3v) is 10.8. The minimum Gasteiger partial charge on any atom is -0.390 e. The van der Waals surface area contributed by atoms with E-state index in [1.807, 2.05) is 19.1 Å². The molecule has 2 N–H and O–H groups in total. The van der Waals surface area contributed by atoms with E-state index in [1.54, 1.807) is 31.2 Å². The molecule has 204 valence electrons. The van der Waals surface area contributed by atoms with Gasteiger partial charge in [0.05, 0.1) is 6.10 Å². The summed E-state index contributed by atoms with van der Waals surface area (Å²) in [4.78, 5) is 32.3. The molecule has 1 aromatic carbocycles. The minimum absolute atomic E-state index is 0.0228. The van der Waals surface area contributed by atoms with Gasteiger partial charge in [-0.15, -0.1) is 0 Å². The molecule has 9 atom stereocenters. The number of halogens is 3. The van der Waals surface area contributed by atoms with Crippen LogP contribution in [-0.4, -0.2) is 59.0 Å². The molecular weight excluding hydrogens is 514 g/mol. The molecule has 3 saturated carbocycles. The standard InChI is InChI=1S/C29H33ClF2N2O4/c1-26-9-8-19(35)11-22(26)23(31)12-21-20-10-17-15-34(14-16-4-6-18(30)7-5-16)38-29(17,25(37)33-3)27(20,2)13-24(36)28(21,26)32/h4-9,11,17,20-21,23-24,36H,10,12-15H2,1-3H3,(H,33,37)/t17-,20-,21-,23-,24-,26-,27-,28-,29-/m0/s1. The van der Waals surface area contributed by atoms with E-state index in [9.17, 15) is 14.7 Å². The van der Waals surface area contributed by atoms with E-state index >= 15 is 8.78 Å². The van der Waals surface area contributed by atoms with E-state index < -0.39 is 46.2 Å². The Morgan fingerprint density at radius 2 is 1.95 bits per heavy atom. The van der Waals surface area contributed by atoms with Crippen molar-refractivity contribution in [1.82, 2.24) is 10.4 Å². The number of nitrogens with zero attached hydrogens (tertiary/aromatic N) is 1. The van der Waals surface area contributed by atoms with E-state index in [-0.39, 0.29) is 36.0 Å². The van der Waals surface area contributed by atoms with Crippen LogP contribution >= 0.6 is 11.6 Å². The molecule has 1 aromatic rings. The van der Waals surface area contributed by atoms with Crippen LogP contribution in [-0.2, 0) is 21.0 Å². The summed E-state index contributed by atoms with van der Waals surface area (Å²) >= 11 is 6.03. The van der Waals surface area contributed by atoms with Crippen molar-refractivity contribution in [2.24, 2.45) is 28.6 Å². The molecule has 0 unspecified atom stereocenters. The van der Waals surface area contributed by atoms with Crippen molar-refractivity contribution in [3.8, 4) is 0 Å². The average molecular weight is 547 g/mol. The predicted octanol–water partition coefficient (Wildman–Crippen LogP) is 4.12. The number of benzene rings is 1. The summed E-state index contributed by atoms with van der Waals surface area (Å²) in [5.41, 5.74) is -4.86. The van der Waals surface area contributed by atoms with Crippen LogP contribution < -0.4 is 5.32 Å². The number of amides is 1. The quantitative estimate of drug-likeness (QED) is 0.596. The first kappa shape index (κ1) is 26.1. The zero-order valence-corrected chi connectivity index (χ0v) is 22.5. The fourth-order valence-corrected chi connectivity index (χ4v) is 8.91. The van der Waals surface area contributed by atoms with Gasteiger partial charge in [0.15, 0.2) is 17.1 Å². The summed E-state index contributed by atoms with van der Waals surface area (Å²) in [7, 11) is 1.55. The molecule has 1 aliphatic heterocycles. The number of ketones is 1. The monoisotopic (exact) mass is 546 g/mol. The van der Waals surface area contributed by atoms with E-state index in [4.69, 9.17) is 16.4 Å². The highest BCUT2D eigenvalue weighted by Crippen LogP contribution is 2.72. The normalized spacial score (nSPS) is 45.6. The summed E-state index contributed by atoms with van der Waals surface area (Å²) in [6.07, 6.45) is 1.19. The Hall–Kier alpha value is -2.13. The van der Waals surface area contributed by atoms with Gasteiger partial charge >= 0.3 is 0 Å². The maximum atomic E-state index is 17.4. The van der Waals surface area contributed by atoms with E-state index in [0.29, 0.717) is 24.5 Å². The van der Waals surface area contributed by atoms with E-state index in [2.05, 4.69) is 5.32 Å². The Bertz CT molecular complexity index is 1260. The fraction of sp³-hybridized carbons (Fsp3) is 0.586. The zero-order chi connectivity index (χ0) is 27.3. The van der Waals surface area contributed by atoms with Crippen LogP contribution in [0.2, 0.25) is 5.02 Å². The second kappa shape index (κ2) is 8.43. The van der Waals surface area contributed by atoms with Crippen LogP contribution in [0.1, 0.15) is 38.7 Å². The average Bonchev–Trinajstić information content (AvgIpc) is 3.35. The number of alkyl halides is 2. The number of fused-ring (bicyclic) bond motifs is 7. The van der Waals surface area contributed by atoms with Gasteiger partial charge in [0.2, 0.25) is 0 Å². The fourth-order valence-electron chi connectivity index (χ4n) is 8.78. The third kappa shape index (κ3) is 3.14. The molecule has 1 saturated heterocycles. The lowest BCUT2D eigenvalue weighted by atomic mass is 9.44. The first-order valence-electron chi connectivity index (χ1n) is 13.3. The highest BCUT2D eigenvalue weighted by atomic mass is 35.5. The maximum Gasteiger partial charge on any atom is 0.255 e. The molecule has 5 aliphatic rings. The van der Waals surface area contributed by atoms with Crippen molar-refractivity contribution in [2.75, 3.05) is 13.6 Å². The number of hydroxylamine groups is 2. The Kier molecular flexibility index (Phi) is 5.80. The third-order valence-electron chi connectivity index (χ3n) is 10.5. The number of allylic oxidation sites excluding steroid dienone is 4. The molecular formula is C29H33ClF2N2O4. The van der Waals surface area contributed by atoms with Gasteiger partial charge in [0, 0.05) is 47.8 Å². The van der Waals surface area contributed by atoms with Gasteiger partial charge in [0.25, 0.3) is 5.91 Å². The number of aliphatic hydroxyl groups is 1. The highest BCUT2D eigenvalue weighted by molar-refractivity contribution is 6.30. The summed E-state index contributed by atoms with van der Waals surface area (Å²) in [5, 5.41) is 16.8. The Balaban J connectivity index is 1.39. The predicted molar refractivity (Wildman–Crippen MR) is 137 cm³/mol. The van der Waals surface area contributed by atoms with Crippen molar-refractivity contribution in [3.63, 3.8) is 0 Å². The molecule has 1 amide bonds. The number of hydrogen-bond donors (Lipinski definition) is 2. The first-order valence-corrected chi connectivity index (χ1v) is 13.7. The van der Waals surface area contributed by atoms with Crippen molar-refractivity contribution in [1.29, 1.82) is 0 Å². The van der Waals surface area contributed by atoms with Crippen LogP contribution in [0, 0.1) is 28.6 Å². The smallest absolute Gasteiger partial charge is 0.255 e. The van der Waals surface area contributed by atoms with Gasteiger partial charge in [-0.3, -0.25) is 14.4 Å². The Labute approximate surface area is 226 Å². The molecule has 0 spiro atoms. The molecule has 6 rings (SSSR count). The number of carbonyl (C=O) groups is 2. The van der Waals surface area contributed by atoms with E-state index in [0.717, 1.165) is 5.56 Å². The number of hydrogen-bond acceptors (Lipinski definition) is 5. The molecule has 0 bridgehead atoms. The molecule has 9 heteroatoms. The van der Waals surface area contributed by atoms with Crippen molar-refractivity contribution >= 4 is 23.3 Å². The van der Waals surface area contributed by atoms with Gasteiger partial charge < -0.3 is 10.4 Å². The molecule has 38 heavy (non-hydrogen) atoms. The number of rotatable bonds is 3. The Morgan fingerprint density at radius 3 is 2.63 bits per heavy atom. The Morgan fingerprint density at radius 1 is 1.24 bits per heavy atom. The van der Waals surface area contributed by atoms with Crippen molar-refractivity contribution < 1.29 is 28.3 Å². The lowest BCUT2D eigenvalue weighted by Gasteiger charge is -2.63. The van der Waals surface area contributed by atoms with Crippen molar-refractivity contribution in [3.05, 3.63) is 58.7 Å². The lowest BCUT2D eigenvalue weighted by Crippen LogP contribution is -2.71. The maximum absolute atomic E-state index is 17.4. The van der Waals surface area contributed by atoms with E-state index in [1.165, 1.54) is 18.2 Å². The molecule has 0 aromatic heterocycles. The van der Waals surface area contributed by atoms with Gasteiger partial charge in [-0.05, 0) is 67.5 Å². The lowest BCUT2D eigenvalue weighted by molar-refractivity contribution is -0.269. The van der Waals surface area contributed by atoms with Crippen LogP contribution in [0.15, 0.2) is 48.1 Å².